The standard InChI is InChI=1S/C43H32N2O/c1-28-11-5-6-14-33(28)38-27-32(21-24-43(38)46)45-40-18-10-8-16-35(40)37-26-30(20-23-42(37)45)29-19-22-41-36(25-29)34-15-7-9-17-39(34)44(41)31-12-3-2-4-13-31/h2-12,14-27,31,46H,13H2,1H3. The maximum atomic E-state index is 10.9. The first-order valence-electron chi connectivity index (χ1n) is 15.9. The smallest absolute Gasteiger partial charge is 0.123 e. The number of allylic oxidation sites excluding steroid dienone is 4. The Morgan fingerprint density at radius 1 is 0.565 bits per heavy atom. The van der Waals surface area contributed by atoms with E-state index in [9.17, 15) is 5.11 Å². The third-order valence-corrected chi connectivity index (χ3v) is 9.68. The minimum Gasteiger partial charge on any atom is -0.507 e. The lowest BCUT2D eigenvalue weighted by Gasteiger charge is -2.18. The Morgan fingerprint density at radius 3 is 1.96 bits per heavy atom. The summed E-state index contributed by atoms with van der Waals surface area (Å²) in [6.45, 7) is 2.09. The van der Waals surface area contributed by atoms with Crippen LogP contribution in [0.2, 0.25) is 0 Å². The van der Waals surface area contributed by atoms with E-state index in [1.807, 2.05) is 24.3 Å². The van der Waals surface area contributed by atoms with Crippen LogP contribution in [0.1, 0.15) is 18.0 Å². The molecule has 9 rings (SSSR count). The zero-order valence-corrected chi connectivity index (χ0v) is 25.6. The van der Waals surface area contributed by atoms with E-state index in [0.717, 1.165) is 39.8 Å². The monoisotopic (exact) mass is 592 g/mol. The average molecular weight is 593 g/mol. The van der Waals surface area contributed by atoms with E-state index in [-0.39, 0.29) is 5.75 Å². The highest BCUT2D eigenvalue weighted by molar-refractivity contribution is 6.12. The number of aromatic hydroxyl groups is 1. The largest absolute Gasteiger partial charge is 0.507 e. The molecular weight excluding hydrogens is 560 g/mol. The molecule has 46 heavy (non-hydrogen) atoms. The lowest BCUT2D eigenvalue weighted by molar-refractivity contribution is 0.477. The van der Waals surface area contributed by atoms with Gasteiger partial charge < -0.3 is 14.2 Å². The van der Waals surface area contributed by atoms with E-state index < -0.39 is 0 Å². The first kappa shape index (κ1) is 26.6. The molecule has 220 valence electrons. The summed E-state index contributed by atoms with van der Waals surface area (Å²) in [4.78, 5) is 0. The summed E-state index contributed by atoms with van der Waals surface area (Å²) in [6, 6.07) is 45.6. The van der Waals surface area contributed by atoms with Gasteiger partial charge in [-0.05, 0) is 90.2 Å². The zero-order valence-electron chi connectivity index (χ0n) is 25.6. The van der Waals surface area contributed by atoms with Crippen LogP contribution in [0.15, 0.2) is 152 Å². The van der Waals surface area contributed by atoms with Gasteiger partial charge in [0.1, 0.15) is 5.75 Å². The number of fused-ring (bicyclic) bond motifs is 6. The number of rotatable bonds is 4. The summed E-state index contributed by atoms with van der Waals surface area (Å²) in [5.74, 6) is 0.286. The number of aromatic nitrogens is 2. The first-order chi connectivity index (χ1) is 22.7. The van der Waals surface area contributed by atoms with Gasteiger partial charge in [0.25, 0.3) is 0 Å². The molecule has 3 nitrogen and oxygen atoms in total. The molecular formula is C43H32N2O. The molecule has 1 N–H and O–H groups in total. The number of benzene rings is 6. The van der Waals surface area contributed by atoms with E-state index in [1.54, 1.807) is 0 Å². The molecule has 0 amide bonds. The fourth-order valence-electron chi connectivity index (χ4n) is 7.48. The molecule has 2 heterocycles. The quantitative estimate of drug-likeness (QED) is 0.216. The van der Waals surface area contributed by atoms with Crippen LogP contribution in [0.4, 0.5) is 0 Å². The van der Waals surface area contributed by atoms with Crippen LogP contribution in [0.5, 0.6) is 5.75 Å². The molecule has 0 saturated carbocycles. The maximum Gasteiger partial charge on any atom is 0.123 e. The van der Waals surface area contributed by atoms with Gasteiger partial charge >= 0.3 is 0 Å². The van der Waals surface area contributed by atoms with E-state index in [0.29, 0.717) is 6.04 Å². The number of aryl methyl sites for hydroxylation is 1. The van der Waals surface area contributed by atoms with Gasteiger partial charge in [-0.3, -0.25) is 0 Å². The Hall–Kier alpha value is -5.80. The van der Waals surface area contributed by atoms with Crippen LogP contribution in [0, 0.1) is 6.92 Å². The number of hydrogen-bond donors (Lipinski definition) is 1. The van der Waals surface area contributed by atoms with Crippen LogP contribution in [-0.2, 0) is 0 Å². The van der Waals surface area contributed by atoms with Gasteiger partial charge in [0, 0.05) is 43.8 Å². The Kier molecular flexibility index (Phi) is 6.01. The Bertz CT molecular complexity index is 2540. The van der Waals surface area contributed by atoms with Gasteiger partial charge in [0.05, 0.1) is 17.1 Å². The number of phenolic OH excluding ortho intramolecular Hbond substituents is 1. The van der Waals surface area contributed by atoms with Gasteiger partial charge in [-0.2, -0.15) is 0 Å². The Morgan fingerprint density at radius 2 is 1.20 bits per heavy atom. The molecule has 6 aromatic carbocycles. The van der Waals surface area contributed by atoms with Crippen molar-refractivity contribution in [3.05, 3.63) is 157 Å². The van der Waals surface area contributed by atoms with Crippen molar-refractivity contribution in [3.8, 4) is 33.7 Å². The predicted molar refractivity (Wildman–Crippen MR) is 193 cm³/mol. The first-order valence-corrected chi connectivity index (χ1v) is 15.9. The topological polar surface area (TPSA) is 30.1 Å². The van der Waals surface area contributed by atoms with Crippen molar-refractivity contribution in [2.75, 3.05) is 0 Å². The molecule has 3 heteroatoms. The molecule has 1 atom stereocenters. The molecule has 2 aromatic heterocycles. The fraction of sp³-hybridized carbons (Fsp3) is 0.0698. The Balaban J connectivity index is 1.22. The average Bonchev–Trinajstić information content (AvgIpc) is 3.61. The van der Waals surface area contributed by atoms with Gasteiger partial charge in [0.2, 0.25) is 0 Å². The van der Waals surface area contributed by atoms with Crippen molar-refractivity contribution in [2.24, 2.45) is 0 Å². The van der Waals surface area contributed by atoms with Crippen LogP contribution >= 0.6 is 0 Å². The number of para-hydroxylation sites is 2. The maximum absolute atomic E-state index is 10.9. The van der Waals surface area contributed by atoms with E-state index >= 15 is 0 Å². The molecule has 1 aliphatic rings. The second-order valence-corrected chi connectivity index (χ2v) is 12.3. The Labute approximate surface area is 267 Å². The highest BCUT2D eigenvalue weighted by Gasteiger charge is 2.19. The van der Waals surface area contributed by atoms with Gasteiger partial charge in [-0.25, -0.2) is 0 Å². The summed E-state index contributed by atoms with van der Waals surface area (Å²) in [6.07, 6.45) is 9.87. The zero-order chi connectivity index (χ0) is 30.8. The lowest BCUT2D eigenvalue weighted by atomic mass is 9.99. The molecule has 8 aromatic rings. The fourth-order valence-corrected chi connectivity index (χ4v) is 7.48. The van der Waals surface area contributed by atoms with E-state index in [2.05, 4.69) is 143 Å². The van der Waals surface area contributed by atoms with Crippen LogP contribution in [-0.4, -0.2) is 14.2 Å². The van der Waals surface area contributed by atoms with Crippen molar-refractivity contribution in [1.82, 2.24) is 9.13 Å². The highest BCUT2D eigenvalue weighted by Crippen LogP contribution is 2.40. The summed E-state index contributed by atoms with van der Waals surface area (Å²) in [5, 5.41) is 15.9. The molecule has 0 bridgehead atoms. The number of hydrogen-bond acceptors (Lipinski definition) is 1. The van der Waals surface area contributed by atoms with Crippen molar-refractivity contribution < 1.29 is 5.11 Å². The predicted octanol–water partition coefficient (Wildman–Crippen LogP) is 11.3. The minimum atomic E-state index is 0.286. The molecule has 0 aliphatic heterocycles. The third-order valence-electron chi connectivity index (χ3n) is 9.68. The third kappa shape index (κ3) is 4.05. The van der Waals surface area contributed by atoms with Crippen molar-refractivity contribution in [3.63, 3.8) is 0 Å². The van der Waals surface area contributed by atoms with Crippen molar-refractivity contribution in [2.45, 2.75) is 19.4 Å². The normalized spacial score (nSPS) is 14.7. The summed E-state index contributed by atoms with van der Waals surface area (Å²) in [7, 11) is 0. The van der Waals surface area contributed by atoms with Crippen molar-refractivity contribution >= 4 is 43.6 Å². The number of phenols is 1. The van der Waals surface area contributed by atoms with Crippen LogP contribution < -0.4 is 0 Å². The second kappa shape index (κ2) is 10.4. The summed E-state index contributed by atoms with van der Waals surface area (Å²) >= 11 is 0. The van der Waals surface area contributed by atoms with Gasteiger partial charge in [-0.1, -0.05) is 97.1 Å². The molecule has 1 aliphatic carbocycles. The summed E-state index contributed by atoms with van der Waals surface area (Å²) in [5.41, 5.74) is 11.3. The van der Waals surface area contributed by atoms with Crippen LogP contribution in [0.25, 0.3) is 71.6 Å². The number of nitrogens with zero attached hydrogens (tertiary/aromatic N) is 2. The van der Waals surface area contributed by atoms with Gasteiger partial charge in [-0.15, -0.1) is 0 Å². The van der Waals surface area contributed by atoms with E-state index in [1.165, 1.54) is 43.7 Å². The summed E-state index contributed by atoms with van der Waals surface area (Å²) < 4.78 is 4.81. The molecule has 1 unspecified atom stereocenters. The van der Waals surface area contributed by atoms with Crippen LogP contribution in [0.3, 0.4) is 0 Å². The molecule has 0 saturated heterocycles. The highest BCUT2D eigenvalue weighted by atomic mass is 16.3. The minimum absolute atomic E-state index is 0.286. The lowest BCUT2D eigenvalue weighted by Crippen LogP contribution is -2.06. The molecule has 0 spiro atoms. The van der Waals surface area contributed by atoms with Gasteiger partial charge in [0.15, 0.2) is 0 Å². The van der Waals surface area contributed by atoms with Crippen molar-refractivity contribution in [1.29, 1.82) is 0 Å². The van der Waals surface area contributed by atoms with E-state index in [4.69, 9.17) is 0 Å². The SMILES string of the molecule is Cc1ccccc1-c1cc(-n2c3ccccc3c3cc(-c4ccc5c(c4)c4ccccc4n5C4C=CC=CC4)ccc32)ccc1O. The molecule has 0 fully saturated rings. The molecule has 0 radical (unpaired) electrons. The second-order valence-electron chi connectivity index (χ2n) is 12.3.